The molecule has 0 saturated carbocycles. The van der Waals surface area contributed by atoms with Gasteiger partial charge in [0.15, 0.2) is 0 Å². The molecule has 1 saturated heterocycles. The Hall–Kier alpha value is -2.16. The molecule has 1 aromatic rings. The predicted octanol–water partition coefficient (Wildman–Crippen LogP) is -0.209. The highest BCUT2D eigenvalue weighted by Crippen LogP contribution is 2.17. The average Bonchev–Trinajstić information content (AvgIpc) is 2.77. The van der Waals surface area contributed by atoms with Gasteiger partial charge in [-0.25, -0.2) is 14.6 Å². The van der Waals surface area contributed by atoms with Gasteiger partial charge in [0.25, 0.3) is 0 Å². The smallest absolute Gasteiger partial charge is 0.347 e. The number of carbonyl (C=O) groups is 3. The number of carboxylic acid groups (broad SMARTS) is 1. The van der Waals surface area contributed by atoms with Gasteiger partial charge in [-0.15, -0.1) is 11.3 Å². The number of piperazine rings is 1. The molecule has 20 heavy (non-hydrogen) atoms. The van der Waals surface area contributed by atoms with E-state index in [0.29, 0.717) is 23.8 Å². The van der Waals surface area contributed by atoms with Crippen molar-refractivity contribution < 1.29 is 19.5 Å². The molecule has 1 fully saturated rings. The van der Waals surface area contributed by atoms with Crippen LogP contribution in [0, 0.1) is 6.92 Å². The number of nitrogens with one attached hydrogen (secondary N) is 2. The molecule has 1 aliphatic rings. The Labute approximate surface area is 118 Å². The number of carbonyl (C=O) groups excluding carboxylic acids is 2. The van der Waals surface area contributed by atoms with Crippen molar-refractivity contribution in [3.63, 3.8) is 0 Å². The maximum absolute atomic E-state index is 11.8. The molecule has 3 amide bonds. The molecule has 0 radical (unpaired) electrons. The first kappa shape index (κ1) is 14.3. The Morgan fingerprint density at radius 3 is 2.90 bits per heavy atom. The van der Waals surface area contributed by atoms with Crippen molar-refractivity contribution >= 4 is 29.2 Å². The van der Waals surface area contributed by atoms with Gasteiger partial charge in [-0.05, 0) is 6.92 Å². The van der Waals surface area contributed by atoms with Crippen LogP contribution in [0.2, 0.25) is 0 Å². The summed E-state index contributed by atoms with van der Waals surface area (Å²) in [6.07, 6.45) is 0. The molecule has 1 aromatic heterocycles. The van der Waals surface area contributed by atoms with E-state index in [4.69, 9.17) is 5.11 Å². The molecule has 108 valence electrons. The Morgan fingerprint density at radius 1 is 1.55 bits per heavy atom. The van der Waals surface area contributed by atoms with Gasteiger partial charge in [-0.2, -0.15) is 0 Å². The second-order valence-corrected chi connectivity index (χ2v) is 5.34. The summed E-state index contributed by atoms with van der Waals surface area (Å²) in [5.41, 5.74) is 0.434. The summed E-state index contributed by atoms with van der Waals surface area (Å²) < 4.78 is 0. The van der Waals surface area contributed by atoms with Gasteiger partial charge in [0.1, 0.15) is 16.4 Å². The van der Waals surface area contributed by atoms with E-state index in [1.807, 2.05) is 0 Å². The summed E-state index contributed by atoms with van der Waals surface area (Å²) in [5.74, 6) is -1.21. The molecule has 0 bridgehead atoms. The highest BCUT2D eigenvalue weighted by molar-refractivity contribution is 7.13. The van der Waals surface area contributed by atoms with E-state index in [0.717, 1.165) is 11.3 Å². The first-order valence-corrected chi connectivity index (χ1v) is 6.78. The summed E-state index contributed by atoms with van der Waals surface area (Å²) in [5, 5.41) is 14.7. The van der Waals surface area contributed by atoms with Gasteiger partial charge < -0.3 is 20.6 Å². The maximum atomic E-state index is 11.8. The van der Waals surface area contributed by atoms with Crippen LogP contribution in [0.1, 0.15) is 20.4 Å². The van der Waals surface area contributed by atoms with Crippen molar-refractivity contribution in [1.29, 1.82) is 0 Å². The fraction of sp³-hybridized carbons (Fsp3) is 0.455. The van der Waals surface area contributed by atoms with Crippen molar-refractivity contribution in [3.8, 4) is 0 Å². The molecule has 2 rings (SSSR count). The fourth-order valence-electron chi connectivity index (χ4n) is 1.80. The zero-order valence-electron chi connectivity index (χ0n) is 10.8. The lowest BCUT2D eigenvalue weighted by atomic mass is 10.4. The molecule has 9 heteroatoms. The SMILES string of the molecule is Cc1nc(CNC(=O)N2CCNC(=O)C2)sc1C(=O)O. The predicted molar refractivity (Wildman–Crippen MR) is 70.6 cm³/mol. The van der Waals surface area contributed by atoms with Crippen LogP contribution >= 0.6 is 11.3 Å². The summed E-state index contributed by atoms with van der Waals surface area (Å²) in [7, 11) is 0. The lowest BCUT2D eigenvalue weighted by Crippen LogP contribution is -2.52. The molecule has 0 atom stereocenters. The normalized spacial score (nSPS) is 14.8. The molecular formula is C11H14N4O4S. The van der Waals surface area contributed by atoms with Crippen LogP contribution in [0.15, 0.2) is 0 Å². The first-order valence-electron chi connectivity index (χ1n) is 5.96. The summed E-state index contributed by atoms with van der Waals surface area (Å²) in [6, 6.07) is -0.357. The van der Waals surface area contributed by atoms with Crippen molar-refractivity contribution in [2.45, 2.75) is 13.5 Å². The standard InChI is InChI=1S/C11H14N4O4S/c1-6-9(10(17)18)20-8(14-6)4-13-11(19)15-3-2-12-7(16)5-15/h2-5H2,1H3,(H,12,16)(H,13,19)(H,17,18). The molecule has 8 nitrogen and oxygen atoms in total. The van der Waals surface area contributed by atoms with Crippen LogP contribution in [0.5, 0.6) is 0 Å². The fourth-order valence-corrected chi connectivity index (χ4v) is 2.64. The number of aromatic nitrogens is 1. The first-order chi connectivity index (χ1) is 9.47. The third-order valence-electron chi connectivity index (χ3n) is 2.75. The maximum Gasteiger partial charge on any atom is 0.347 e. The van der Waals surface area contributed by atoms with E-state index in [2.05, 4.69) is 15.6 Å². The summed E-state index contributed by atoms with van der Waals surface area (Å²) in [6.45, 7) is 2.68. The molecule has 1 aliphatic heterocycles. The van der Waals surface area contributed by atoms with Gasteiger partial charge in [0.05, 0.1) is 12.2 Å². The van der Waals surface area contributed by atoms with Crippen molar-refractivity contribution in [2.75, 3.05) is 19.6 Å². The molecular weight excluding hydrogens is 284 g/mol. The second-order valence-electron chi connectivity index (χ2n) is 4.26. The van der Waals surface area contributed by atoms with Crippen LogP contribution in [0.3, 0.4) is 0 Å². The topological polar surface area (TPSA) is 112 Å². The van der Waals surface area contributed by atoms with Gasteiger partial charge >= 0.3 is 12.0 Å². The van der Waals surface area contributed by atoms with E-state index in [1.165, 1.54) is 4.90 Å². The lowest BCUT2D eigenvalue weighted by Gasteiger charge is -2.26. The molecule has 0 aromatic carbocycles. The summed E-state index contributed by atoms with van der Waals surface area (Å²) >= 11 is 1.03. The average molecular weight is 298 g/mol. The highest BCUT2D eigenvalue weighted by Gasteiger charge is 2.21. The van der Waals surface area contributed by atoms with Crippen molar-refractivity contribution in [1.82, 2.24) is 20.5 Å². The van der Waals surface area contributed by atoms with Crippen molar-refractivity contribution in [3.05, 3.63) is 15.6 Å². The van der Waals surface area contributed by atoms with Gasteiger partial charge in [-0.1, -0.05) is 0 Å². The number of aromatic carboxylic acids is 1. The minimum absolute atomic E-state index is 0.0309. The zero-order chi connectivity index (χ0) is 14.7. The number of urea groups is 1. The van der Waals surface area contributed by atoms with Crippen LogP contribution in [0.4, 0.5) is 4.79 Å². The van der Waals surface area contributed by atoms with E-state index < -0.39 is 5.97 Å². The lowest BCUT2D eigenvalue weighted by molar-refractivity contribution is -0.123. The molecule has 3 N–H and O–H groups in total. The summed E-state index contributed by atoms with van der Waals surface area (Å²) in [4.78, 5) is 39.6. The number of rotatable bonds is 3. The number of thiazole rings is 1. The largest absolute Gasteiger partial charge is 0.477 e. The van der Waals surface area contributed by atoms with Crippen LogP contribution in [-0.4, -0.2) is 52.5 Å². The second kappa shape index (κ2) is 5.87. The molecule has 0 unspecified atom stereocenters. The number of amides is 3. The van der Waals surface area contributed by atoms with Crippen LogP contribution in [-0.2, 0) is 11.3 Å². The Bertz CT molecular complexity index is 557. The van der Waals surface area contributed by atoms with E-state index in [1.54, 1.807) is 6.92 Å². The van der Waals surface area contributed by atoms with E-state index in [-0.39, 0.29) is 29.9 Å². The van der Waals surface area contributed by atoms with E-state index in [9.17, 15) is 14.4 Å². The van der Waals surface area contributed by atoms with E-state index >= 15 is 0 Å². The zero-order valence-corrected chi connectivity index (χ0v) is 11.6. The minimum atomic E-state index is -1.02. The number of aryl methyl sites for hydroxylation is 1. The quantitative estimate of drug-likeness (QED) is 0.715. The number of carboxylic acids is 1. The number of nitrogens with zero attached hydrogens (tertiary/aromatic N) is 2. The Kier molecular flexibility index (Phi) is 4.18. The minimum Gasteiger partial charge on any atom is -0.477 e. The Morgan fingerprint density at radius 2 is 2.30 bits per heavy atom. The Balaban J connectivity index is 1.91. The van der Waals surface area contributed by atoms with Crippen LogP contribution in [0.25, 0.3) is 0 Å². The third kappa shape index (κ3) is 3.23. The molecule has 2 heterocycles. The van der Waals surface area contributed by atoms with Crippen LogP contribution < -0.4 is 10.6 Å². The van der Waals surface area contributed by atoms with Gasteiger partial charge in [0.2, 0.25) is 5.91 Å². The number of hydrogen-bond donors (Lipinski definition) is 3. The molecule has 0 aliphatic carbocycles. The van der Waals surface area contributed by atoms with Gasteiger partial charge in [0, 0.05) is 13.1 Å². The highest BCUT2D eigenvalue weighted by atomic mass is 32.1. The number of hydrogen-bond acceptors (Lipinski definition) is 5. The third-order valence-corrected chi connectivity index (χ3v) is 3.90. The molecule has 0 spiro atoms. The van der Waals surface area contributed by atoms with Crippen molar-refractivity contribution in [2.24, 2.45) is 0 Å². The monoisotopic (exact) mass is 298 g/mol. The van der Waals surface area contributed by atoms with Gasteiger partial charge in [-0.3, -0.25) is 4.79 Å².